The van der Waals surface area contributed by atoms with E-state index in [9.17, 15) is 23.7 Å². The molecule has 0 aliphatic rings. The minimum absolute atomic E-state index is 0.486. The monoisotopic (exact) mass is 218 g/mol. The number of rotatable bonds is 3. The van der Waals surface area contributed by atoms with E-state index in [1.165, 1.54) is 0 Å². The van der Waals surface area contributed by atoms with E-state index in [4.69, 9.17) is 5.11 Å². The smallest absolute Gasteiger partial charge is 0.384 e. The molecule has 80 valence electrons. The normalized spacial score (nSPS) is 11.1. The Morgan fingerprint density at radius 1 is 1.53 bits per heavy atom. The third kappa shape index (κ3) is 2.03. The van der Waals surface area contributed by atoms with Crippen molar-refractivity contribution in [3.63, 3.8) is 0 Å². The summed E-state index contributed by atoms with van der Waals surface area (Å²) in [5.41, 5.74) is -1.53. The number of carbonyl (C=O) groups is 1. The predicted molar refractivity (Wildman–Crippen MR) is 42.4 cm³/mol. The van der Waals surface area contributed by atoms with Crippen LogP contribution >= 0.6 is 0 Å². The van der Waals surface area contributed by atoms with Crippen molar-refractivity contribution in [2.75, 3.05) is 0 Å². The summed E-state index contributed by atoms with van der Waals surface area (Å²) in [6.45, 7) is 0. The van der Waals surface area contributed by atoms with Crippen molar-refractivity contribution in [3.05, 3.63) is 34.1 Å². The van der Waals surface area contributed by atoms with Gasteiger partial charge in [-0.2, -0.15) is 8.78 Å². The number of nitro groups is 1. The number of pyridine rings is 1. The quantitative estimate of drug-likeness (QED) is 0.606. The summed E-state index contributed by atoms with van der Waals surface area (Å²) >= 11 is 0. The highest BCUT2D eigenvalue weighted by Crippen LogP contribution is 2.27. The first-order chi connectivity index (χ1) is 6.85. The fourth-order valence-electron chi connectivity index (χ4n) is 0.789. The fourth-order valence-corrected chi connectivity index (χ4v) is 0.789. The van der Waals surface area contributed by atoms with Crippen LogP contribution in [-0.4, -0.2) is 21.0 Å². The lowest BCUT2D eigenvalue weighted by atomic mass is 10.2. The van der Waals surface area contributed by atoms with Crippen LogP contribution in [0.2, 0.25) is 0 Å². The van der Waals surface area contributed by atoms with Gasteiger partial charge in [0.15, 0.2) is 0 Å². The summed E-state index contributed by atoms with van der Waals surface area (Å²) in [6, 6.07) is 1.37. The molecule has 15 heavy (non-hydrogen) atoms. The Bertz CT molecular complexity index is 404. The first-order valence-electron chi connectivity index (χ1n) is 3.58. The molecule has 0 saturated carbocycles. The summed E-state index contributed by atoms with van der Waals surface area (Å²) in [6.07, 6.45) is 0.576. The van der Waals surface area contributed by atoms with E-state index < -0.39 is 28.2 Å². The van der Waals surface area contributed by atoms with Crippen LogP contribution in [0, 0.1) is 10.1 Å². The van der Waals surface area contributed by atoms with E-state index in [2.05, 4.69) is 4.98 Å². The Morgan fingerprint density at radius 3 is 2.47 bits per heavy atom. The topological polar surface area (TPSA) is 93.3 Å². The summed E-state index contributed by atoms with van der Waals surface area (Å²) in [5.74, 6) is -6.50. The summed E-state index contributed by atoms with van der Waals surface area (Å²) < 4.78 is 25.6. The van der Waals surface area contributed by atoms with Crippen LogP contribution in [0.25, 0.3) is 0 Å². The molecular weight excluding hydrogens is 214 g/mol. The van der Waals surface area contributed by atoms with Crippen LogP contribution in [0.4, 0.5) is 14.5 Å². The average molecular weight is 218 g/mol. The standard InChI is InChI=1S/C7H4F2N2O4/c8-7(9,6(12)13)5-2-1-4(3-10-5)11(14)15/h1-3H,(H,12,13). The molecule has 0 aromatic carbocycles. The molecule has 0 aliphatic heterocycles. The van der Waals surface area contributed by atoms with E-state index >= 15 is 0 Å². The Labute approximate surface area is 81.3 Å². The molecule has 6 nitrogen and oxygen atoms in total. The van der Waals surface area contributed by atoms with Crippen molar-refractivity contribution < 1.29 is 23.6 Å². The van der Waals surface area contributed by atoms with Gasteiger partial charge < -0.3 is 5.11 Å². The summed E-state index contributed by atoms with van der Waals surface area (Å²) in [5, 5.41) is 18.3. The first kappa shape index (κ1) is 11.0. The minimum atomic E-state index is -4.14. The number of carboxylic acid groups (broad SMARTS) is 1. The molecule has 0 aliphatic carbocycles. The molecule has 1 aromatic rings. The largest absolute Gasteiger partial charge is 0.476 e. The Morgan fingerprint density at radius 2 is 2.13 bits per heavy atom. The van der Waals surface area contributed by atoms with Crippen molar-refractivity contribution in [1.29, 1.82) is 0 Å². The molecule has 0 fully saturated rings. The van der Waals surface area contributed by atoms with Gasteiger partial charge in [0.25, 0.3) is 5.69 Å². The third-order valence-electron chi connectivity index (χ3n) is 1.55. The van der Waals surface area contributed by atoms with Crippen LogP contribution in [0.1, 0.15) is 5.69 Å². The highest BCUT2D eigenvalue weighted by Gasteiger charge is 2.42. The maximum Gasteiger partial charge on any atom is 0.384 e. The van der Waals surface area contributed by atoms with Crippen LogP contribution in [-0.2, 0) is 10.7 Å². The maximum absolute atomic E-state index is 12.8. The van der Waals surface area contributed by atoms with E-state index in [1.807, 2.05) is 0 Å². The maximum atomic E-state index is 12.8. The summed E-state index contributed by atoms with van der Waals surface area (Å²) in [4.78, 5) is 22.5. The lowest BCUT2D eigenvalue weighted by Crippen LogP contribution is -2.26. The second kappa shape index (κ2) is 3.56. The highest BCUT2D eigenvalue weighted by atomic mass is 19.3. The van der Waals surface area contributed by atoms with Gasteiger partial charge in [0.2, 0.25) is 0 Å². The van der Waals surface area contributed by atoms with Gasteiger partial charge in [0.1, 0.15) is 11.9 Å². The number of nitrogens with zero attached hydrogens (tertiary/aromatic N) is 2. The van der Waals surface area contributed by atoms with Crippen LogP contribution in [0.3, 0.4) is 0 Å². The second-order valence-corrected chi connectivity index (χ2v) is 2.54. The first-order valence-corrected chi connectivity index (χ1v) is 3.58. The van der Waals surface area contributed by atoms with Gasteiger partial charge in [-0.25, -0.2) is 9.78 Å². The van der Waals surface area contributed by atoms with Gasteiger partial charge in [-0.1, -0.05) is 0 Å². The van der Waals surface area contributed by atoms with Crippen LogP contribution < -0.4 is 0 Å². The Kier molecular flexibility index (Phi) is 2.60. The number of alkyl halides is 2. The number of aliphatic carboxylic acids is 1. The lowest BCUT2D eigenvalue weighted by Gasteiger charge is -2.08. The van der Waals surface area contributed by atoms with Crippen LogP contribution in [0.15, 0.2) is 18.3 Å². The minimum Gasteiger partial charge on any atom is -0.476 e. The molecule has 1 rings (SSSR count). The van der Waals surface area contributed by atoms with Gasteiger partial charge >= 0.3 is 11.9 Å². The van der Waals surface area contributed by atoms with E-state index in [0.717, 1.165) is 6.07 Å². The molecule has 8 heteroatoms. The molecule has 0 amide bonds. The van der Waals surface area contributed by atoms with Gasteiger partial charge in [-0.15, -0.1) is 0 Å². The van der Waals surface area contributed by atoms with Crippen LogP contribution in [0.5, 0.6) is 0 Å². The highest BCUT2D eigenvalue weighted by molar-refractivity contribution is 5.76. The number of hydrogen-bond donors (Lipinski definition) is 1. The van der Waals surface area contributed by atoms with Crippen molar-refractivity contribution in [1.82, 2.24) is 4.98 Å². The molecule has 1 N–H and O–H groups in total. The van der Waals surface area contributed by atoms with Crippen molar-refractivity contribution >= 4 is 11.7 Å². The van der Waals surface area contributed by atoms with Crippen molar-refractivity contribution in [2.24, 2.45) is 0 Å². The van der Waals surface area contributed by atoms with E-state index in [1.54, 1.807) is 0 Å². The number of halogens is 2. The molecule has 1 aromatic heterocycles. The summed E-state index contributed by atoms with van der Waals surface area (Å²) in [7, 11) is 0. The zero-order chi connectivity index (χ0) is 11.6. The van der Waals surface area contributed by atoms with Gasteiger partial charge in [0.05, 0.1) is 4.92 Å². The average Bonchev–Trinajstić information content (AvgIpc) is 2.17. The molecule has 0 atom stereocenters. The Hall–Kier alpha value is -2.12. The van der Waals surface area contributed by atoms with Gasteiger partial charge in [-0.05, 0) is 6.07 Å². The predicted octanol–water partition coefficient (Wildman–Crippen LogP) is 1.17. The fraction of sp³-hybridized carbons (Fsp3) is 0.143. The second-order valence-electron chi connectivity index (χ2n) is 2.54. The molecule has 1 heterocycles. The molecule has 0 unspecified atom stereocenters. The third-order valence-corrected chi connectivity index (χ3v) is 1.55. The SMILES string of the molecule is O=C(O)C(F)(F)c1ccc([N+](=O)[O-])cn1. The van der Waals surface area contributed by atoms with Gasteiger partial charge in [-0.3, -0.25) is 10.1 Å². The number of carboxylic acids is 1. The Balaban J connectivity index is 3.09. The van der Waals surface area contributed by atoms with Crippen molar-refractivity contribution in [3.8, 4) is 0 Å². The molecule has 0 saturated heterocycles. The van der Waals surface area contributed by atoms with E-state index in [-0.39, 0.29) is 0 Å². The van der Waals surface area contributed by atoms with Crippen molar-refractivity contribution in [2.45, 2.75) is 5.92 Å². The van der Waals surface area contributed by atoms with Gasteiger partial charge in [0, 0.05) is 6.07 Å². The molecule has 0 bridgehead atoms. The van der Waals surface area contributed by atoms with E-state index in [0.29, 0.717) is 12.3 Å². The zero-order valence-corrected chi connectivity index (χ0v) is 7.05. The molecule has 0 spiro atoms. The number of hydrogen-bond acceptors (Lipinski definition) is 4. The molecular formula is C7H4F2N2O4. The zero-order valence-electron chi connectivity index (χ0n) is 7.05. The molecule has 0 radical (unpaired) electrons. The number of aromatic nitrogens is 1. The lowest BCUT2D eigenvalue weighted by molar-refractivity contribution is -0.385.